The number of methoxy groups -OCH3 is 2. The maximum Gasteiger partial charge on any atom is 0.271 e. The molecule has 1 fully saturated rings. The molecule has 1 aliphatic heterocycles. The van der Waals surface area contributed by atoms with Gasteiger partial charge in [0.05, 0.1) is 25.8 Å². The molecule has 0 radical (unpaired) electrons. The summed E-state index contributed by atoms with van der Waals surface area (Å²) < 4.78 is 25.3. The van der Waals surface area contributed by atoms with Crippen LogP contribution >= 0.6 is 0 Å². The van der Waals surface area contributed by atoms with Gasteiger partial charge in [0, 0.05) is 30.9 Å². The number of hydrogen-bond acceptors (Lipinski definition) is 6. The van der Waals surface area contributed by atoms with Crippen LogP contribution in [0, 0.1) is 11.7 Å². The molecule has 1 saturated heterocycles. The molecule has 1 atom stereocenters. The zero-order valence-electron chi connectivity index (χ0n) is 18.5. The highest BCUT2D eigenvalue weighted by Gasteiger charge is 2.27. The molecule has 0 bridgehead atoms. The van der Waals surface area contributed by atoms with E-state index in [4.69, 9.17) is 9.47 Å². The zero-order chi connectivity index (χ0) is 23.4. The molecule has 2 aromatic carbocycles. The Morgan fingerprint density at radius 3 is 2.67 bits per heavy atom. The maximum atomic E-state index is 13.6. The van der Waals surface area contributed by atoms with Crippen LogP contribution < -0.4 is 25.2 Å². The predicted octanol–water partition coefficient (Wildman–Crippen LogP) is 3.24. The van der Waals surface area contributed by atoms with E-state index in [1.165, 1.54) is 28.9 Å². The summed E-state index contributed by atoms with van der Waals surface area (Å²) in [7, 11) is 3.09. The second-order valence-corrected chi connectivity index (χ2v) is 7.77. The van der Waals surface area contributed by atoms with Crippen LogP contribution in [0.4, 0.5) is 15.9 Å². The van der Waals surface area contributed by atoms with Crippen LogP contribution in [0.25, 0.3) is 5.69 Å². The molecule has 8 nitrogen and oxygen atoms in total. The molecule has 3 aromatic rings. The monoisotopic (exact) mass is 452 g/mol. The third-order valence-electron chi connectivity index (χ3n) is 5.61. The van der Waals surface area contributed by atoms with Crippen molar-refractivity contribution in [3.8, 4) is 17.2 Å². The van der Waals surface area contributed by atoms with E-state index >= 15 is 0 Å². The van der Waals surface area contributed by atoms with Crippen molar-refractivity contribution in [1.29, 1.82) is 0 Å². The van der Waals surface area contributed by atoms with Gasteiger partial charge in [-0.3, -0.25) is 9.59 Å². The van der Waals surface area contributed by atoms with Gasteiger partial charge in [0.1, 0.15) is 11.6 Å². The van der Waals surface area contributed by atoms with Crippen LogP contribution in [0.15, 0.2) is 59.4 Å². The first-order chi connectivity index (χ1) is 16.0. The number of ether oxygens (including phenoxy) is 2. The second kappa shape index (κ2) is 9.72. The third kappa shape index (κ3) is 4.97. The topological polar surface area (TPSA) is 85.7 Å². The van der Waals surface area contributed by atoms with Gasteiger partial charge in [-0.25, -0.2) is 4.39 Å². The lowest BCUT2D eigenvalue weighted by atomic mass is 9.97. The van der Waals surface area contributed by atoms with Crippen molar-refractivity contribution in [2.24, 2.45) is 5.92 Å². The predicted molar refractivity (Wildman–Crippen MR) is 123 cm³/mol. The number of nitrogens with one attached hydrogen (secondary N) is 1. The highest BCUT2D eigenvalue weighted by atomic mass is 19.1. The average molecular weight is 452 g/mol. The van der Waals surface area contributed by atoms with E-state index < -0.39 is 5.82 Å². The summed E-state index contributed by atoms with van der Waals surface area (Å²) in [4.78, 5) is 27.2. The van der Waals surface area contributed by atoms with E-state index in [-0.39, 0.29) is 17.4 Å². The van der Waals surface area contributed by atoms with Crippen LogP contribution in [0.5, 0.6) is 11.5 Å². The molecular weight excluding hydrogens is 427 g/mol. The Morgan fingerprint density at radius 2 is 1.91 bits per heavy atom. The number of hydrogen-bond donors (Lipinski definition) is 1. The number of nitrogens with zero attached hydrogens (tertiary/aromatic N) is 3. The van der Waals surface area contributed by atoms with Crippen molar-refractivity contribution in [1.82, 2.24) is 9.78 Å². The Morgan fingerprint density at radius 1 is 1.09 bits per heavy atom. The van der Waals surface area contributed by atoms with Gasteiger partial charge in [0.15, 0.2) is 11.5 Å². The lowest BCUT2D eigenvalue weighted by Crippen LogP contribution is -2.41. The molecular formula is C24H25FN4O4. The minimum Gasteiger partial charge on any atom is -0.493 e. The van der Waals surface area contributed by atoms with Crippen LogP contribution in [-0.4, -0.2) is 43.0 Å². The van der Waals surface area contributed by atoms with E-state index in [0.717, 1.165) is 12.8 Å². The molecule has 0 aliphatic carbocycles. The summed E-state index contributed by atoms with van der Waals surface area (Å²) in [5.41, 5.74) is 0.610. The Labute approximate surface area is 190 Å². The van der Waals surface area contributed by atoms with Crippen molar-refractivity contribution in [3.05, 3.63) is 70.8 Å². The molecule has 1 amide bonds. The number of benzene rings is 2. The highest BCUT2D eigenvalue weighted by molar-refractivity contribution is 5.93. The van der Waals surface area contributed by atoms with Crippen molar-refractivity contribution in [3.63, 3.8) is 0 Å². The minimum atomic E-state index is -0.448. The summed E-state index contributed by atoms with van der Waals surface area (Å²) in [5, 5.41) is 7.37. The molecule has 0 unspecified atom stereocenters. The summed E-state index contributed by atoms with van der Waals surface area (Å²) in [6.45, 7) is 1.15. The van der Waals surface area contributed by atoms with Gasteiger partial charge in [0.2, 0.25) is 5.91 Å². The molecule has 1 N–H and O–H groups in total. The van der Waals surface area contributed by atoms with Crippen LogP contribution in [0.3, 0.4) is 0 Å². The number of piperidine rings is 1. The number of halogens is 1. The molecule has 0 spiro atoms. The number of carbonyl (C=O) groups excluding carboxylic acids is 1. The van der Waals surface area contributed by atoms with Gasteiger partial charge in [-0.2, -0.15) is 4.68 Å². The molecule has 9 heteroatoms. The standard InChI is InChI=1S/C24H25FN4O4/c1-32-20-9-8-18(14-21(20)33-2)26-24(31)16-5-4-12-28(15-16)22-10-11-23(30)29(27-22)19-7-3-6-17(25)13-19/h3,6-11,13-14,16H,4-5,12,15H2,1-2H3,(H,26,31)/t16-/m1/s1. The molecule has 0 saturated carbocycles. The summed E-state index contributed by atoms with van der Waals surface area (Å²) in [6, 6.07) is 14.0. The third-order valence-corrected chi connectivity index (χ3v) is 5.61. The number of amides is 1. The van der Waals surface area contributed by atoms with Gasteiger partial charge in [-0.1, -0.05) is 6.07 Å². The fourth-order valence-electron chi connectivity index (χ4n) is 3.92. The Bertz CT molecular complexity index is 1210. The number of aromatic nitrogens is 2. The number of anilines is 2. The van der Waals surface area contributed by atoms with Crippen molar-refractivity contribution in [2.75, 3.05) is 37.5 Å². The van der Waals surface area contributed by atoms with Gasteiger partial charge in [-0.15, -0.1) is 5.10 Å². The van der Waals surface area contributed by atoms with E-state index in [1.807, 2.05) is 4.90 Å². The lowest BCUT2D eigenvalue weighted by molar-refractivity contribution is -0.120. The van der Waals surface area contributed by atoms with Crippen LogP contribution in [0.2, 0.25) is 0 Å². The molecule has 4 rings (SSSR count). The van der Waals surface area contributed by atoms with Gasteiger partial charge < -0.3 is 19.7 Å². The van der Waals surface area contributed by atoms with E-state index in [9.17, 15) is 14.0 Å². The zero-order valence-corrected chi connectivity index (χ0v) is 18.5. The molecule has 1 aromatic heterocycles. The first-order valence-electron chi connectivity index (χ1n) is 10.6. The summed E-state index contributed by atoms with van der Waals surface area (Å²) in [5.74, 6) is 0.857. The van der Waals surface area contributed by atoms with Gasteiger partial charge in [-0.05, 0) is 49.2 Å². The fraction of sp³-hybridized carbons (Fsp3) is 0.292. The molecule has 33 heavy (non-hydrogen) atoms. The number of carbonyl (C=O) groups is 1. The maximum absolute atomic E-state index is 13.6. The van der Waals surface area contributed by atoms with E-state index in [1.54, 1.807) is 44.6 Å². The quantitative estimate of drug-likeness (QED) is 0.618. The normalized spacial score (nSPS) is 15.7. The largest absolute Gasteiger partial charge is 0.493 e. The van der Waals surface area contributed by atoms with Crippen molar-refractivity contribution in [2.45, 2.75) is 12.8 Å². The van der Waals surface area contributed by atoms with E-state index in [0.29, 0.717) is 41.8 Å². The fourth-order valence-corrected chi connectivity index (χ4v) is 3.92. The Balaban J connectivity index is 1.50. The smallest absolute Gasteiger partial charge is 0.271 e. The molecule has 172 valence electrons. The minimum absolute atomic E-state index is 0.106. The van der Waals surface area contributed by atoms with Gasteiger partial charge in [0.25, 0.3) is 5.56 Å². The first kappa shape index (κ1) is 22.3. The Hall–Kier alpha value is -3.88. The van der Waals surface area contributed by atoms with Crippen LogP contribution in [-0.2, 0) is 4.79 Å². The lowest BCUT2D eigenvalue weighted by Gasteiger charge is -2.33. The SMILES string of the molecule is COc1ccc(NC(=O)[C@@H]2CCCN(c3ccc(=O)n(-c4cccc(F)c4)n3)C2)cc1OC. The molecule has 2 heterocycles. The number of rotatable bonds is 6. The van der Waals surface area contributed by atoms with Crippen molar-refractivity contribution < 1.29 is 18.7 Å². The van der Waals surface area contributed by atoms with Crippen LogP contribution in [0.1, 0.15) is 12.8 Å². The highest BCUT2D eigenvalue weighted by Crippen LogP contribution is 2.30. The van der Waals surface area contributed by atoms with Gasteiger partial charge >= 0.3 is 0 Å². The average Bonchev–Trinajstić information content (AvgIpc) is 2.84. The first-order valence-corrected chi connectivity index (χ1v) is 10.6. The van der Waals surface area contributed by atoms with E-state index in [2.05, 4.69) is 10.4 Å². The Kier molecular flexibility index (Phi) is 6.58. The summed E-state index contributed by atoms with van der Waals surface area (Å²) in [6.07, 6.45) is 1.53. The second-order valence-electron chi connectivity index (χ2n) is 7.77. The molecule has 1 aliphatic rings. The summed E-state index contributed by atoms with van der Waals surface area (Å²) >= 11 is 0. The van der Waals surface area contributed by atoms with Crippen molar-refractivity contribution >= 4 is 17.4 Å².